The molecule has 184 valence electrons. The fraction of sp³-hybridized carbons (Fsp3) is 0.500. The summed E-state index contributed by atoms with van der Waals surface area (Å²) < 4.78 is 52.7. The van der Waals surface area contributed by atoms with Crippen molar-refractivity contribution in [2.45, 2.75) is 79.7 Å². The van der Waals surface area contributed by atoms with E-state index in [0.717, 1.165) is 30.3 Å². The average molecular weight is 569 g/mol. The fourth-order valence-electron chi connectivity index (χ4n) is 4.58. The van der Waals surface area contributed by atoms with Gasteiger partial charge in [-0.15, -0.1) is 0 Å². The highest BCUT2D eigenvalue weighted by Gasteiger charge is 2.28. The molecule has 4 rings (SSSR count). The first kappa shape index (κ1) is 25.3. The minimum absolute atomic E-state index is 0.0509. The number of aromatic nitrogens is 3. The molecule has 34 heavy (non-hydrogen) atoms. The number of sulfone groups is 2. The fourth-order valence-corrected chi connectivity index (χ4v) is 7.54. The molecule has 0 radical (unpaired) electrons. The van der Waals surface area contributed by atoms with Gasteiger partial charge in [-0.1, -0.05) is 40.0 Å². The molecule has 1 saturated carbocycles. The molecule has 0 unspecified atom stereocenters. The maximum atomic E-state index is 13.4. The van der Waals surface area contributed by atoms with Crippen LogP contribution >= 0.6 is 15.9 Å². The molecule has 0 spiro atoms. The Morgan fingerprint density at radius 2 is 1.71 bits per heavy atom. The molecule has 2 aromatic heterocycles. The Morgan fingerprint density at radius 1 is 1.03 bits per heavy atom. The third kappa shape index (κ3) is 4.95. The lowest BCUT2D eigenvalue weighted by molar-refractivity contribution is 0.313. The number of pyridine rings is 1. The maximum absolute atomic E-state index is 13.4. The number of fused-ring (bicyclic) bond motifs is 1. The second-order valence-corrected chi connectivity index (χ2v) is 14.9. The average Bonchev–Trinajstić information content (AvgIpc) is 3.12. The highest BCUT2D eigenvalue weighted by Crippen LogP contribution is 2.34. The summed E-state index contributed by atoms with van der Waals surface area (Å²) >= 11 is 3.19. The number of imidazole rings is 1. The molecule has 0 N–H and O–H groups in total. The van der Waals surface area contributed by atoms with Crippen molar-refractivity contribution in [2.75, 3.05) is 6.26 Å². The molecular formula is C24H30BrN3O4S2. The number of benzene rings is 1. The van der Waals surface area contributed by atoms with Gasteiger partial charge in [-0.25, -0.2) is 26.8 Å². The lowest BCUT2D eigenvalue weighted by atomic mass is 9.88. The standard InChI is InChI=1S/C24H30BrN3O4S2/c1-24(2,3)23-27-20-13-17(10-11-21(20)28(23)15-16-8-6-5-7-9-16)34(31,32)22-19(25)12-18(14-26-22)33(4,29)30/h10-14,16H,5-9,15H2,1-4H3. The Bertz CT molecular complexity index is 1450. The quantitative estimate of drug-likeness (QED) is 0.414. The van der Waals surface area contributed by atoms with Crippen molar-refractivity contribution in [3.8, 4) is 0 Å². The van der Waals surface area contributed by atoms with Crippen LogP contribution in [0.15, 0.2) is 49.8 Å². The predicted octanol–water partition coefficient (Wildman–Crippen LogP) is 5.31. The van der Waals surface area contributed by atoms with Crippen molar-refractivity contribution in [1.29, 1.82) is 0 Å². The number of hydrogen-bond acceptors (Lipinski definition) is 6. The topological polar surface area (TPSA) is 99.0 Å². The molecule has 2 heterocycles. The first-order valence-corrected chi connectivity index (χ1v) is 15.6. The summed E-state index contributed by atoms with van der Waals surface area (Å²) in [6.45, 7) is 7.24. The van der Waals surface area contributed by atoms with Gasteiger partial charge in [-0.3, -0.25) is 0 Å². The van der Waals surface area contributed by atoms with E-state index in [0.29, 0.717) is 11.4 Å². The van der Waals surface area contributed by atoms with Gasteiger partial charge in [-0.05, 0) is 59.0 Å². The van der Waals surface area contributed by atoms with Gasteiger partial charge in [0.05, 0.1) is 25.3 Å². The van der Waals surface area contributed by atoms with E-state index in [2.05, 4.69) is 46.3 Å². The number of halogens is 1. The van der Waals surface area contributed by atoms with Crippen LogP contribution in [0.25, 0.3) is 11.0 Å². The van der Waals surface area contributed by atoms with Gasteiger partial charge in [0.15, 0.2) is 14.9 Å². The Kier molecular flexibility index (Phi) is 6.72. The van der Waals surface area contributed by atoms with Crippen molar-refractivity contribution in [3.05, 3.63) is 40.8 Å². The van der Waals surface area contributed by atoms with Crippen molar-refractivity contribution in [3.63, 3.8) is 0 Å². The van der Waals surface area contributed by atoms with Crippen molar-refractivity contribution in [2.24, 2.45) is 5.92 Å². The molecule has 0 atom stereocenters. The Labute approximate surface area is 210 Å². The van der Waals surface area contributed by atoms with Crippen LogP contribution in [0.1, 0.15) is 58.7 Å². The van der Waals surface area contributed by atoms with Crippen LogP contribution < -0.4 is 0 Å². The third-order valence-electron chi connectivity index (χ3n) is 6.33. The van der Waals surface area contributed by atoms with Gasteiger partial charge in [0.25, 0.3) is 0 Å². The monoisotopic (exact) mass is 567 g/mol. The van der Waals surface area contributed by atoms with E-state index in [1.54, 1.807) is 12.1 Å². The van der Waals surface area contributed by atoms with Crippen LogP contribution in [0.3, 0.4) is 0 Å². The van der Waals surface area contributed by atoms with E-state index in [1.807, 2.05) is 6.07 Å². The van der Waals surface area contributed by atoms with E-state index in [1.165, 1.54) is 38.2 Å². The summed E-state index contributed by atoms with van der Waals surface area (Å²) in [5.41, 5.74) is 1.36. The molecule has 7 nitrogen and oxygen atoms in total. The molecule has 10 heteroatoms. The molecule has 1 aromatic carbocycles. The Balaban J connectivity index is 1.79. The first-order valence-electron chi connectivity index (χ1n) is 11.4. The Morgan fingerprint density at radius 3 is 2.29 bits per heavy atom. The van der Waals surface area contributed by atoms with Crippen molar-refractivity contribution >= 4 is 46.6 Å². The van der Waals surface area contributed by atoms with E-state index in [-0.39, 0.29) is 24.7 Å². The lowest BCUT2D eigenvalue weighted by Gasteiger charge is -2.26. The molecule has 1 aliphatic rings. The summed E-state index contributed by atoms with van der Waals surface area (Å²) in [4.78, 5) is 8.87. The van der Waals surface area contributed by atoms with E-state index in [9.17, 15) is 16.8 Å². The van der Waals surface area contributed by atoms with Crippen molar-refractivity contribution in [1.82, 2.24) is 14.5 Å². The van der Waals surface area contributed by atoms with Crippen LogP contribution in [0.2, 0.25) is 0 Å². The summed E-state index contributed by atoms with van der Waals surface area (Å²) in [7, 11) is -7.50. The number of nitrogens with zero attached hydrogens (tertiary/aromatic N) is 3. The smallest absolute Gasteiger partial charge is 0.225 e. The second-order valence-electron chi connectivity index (χ2n) is 10.2. The zero-order valence-electron chi connectivity index (χ0n) is 19.9. The lowest BCUT2D eigenvalue weighted by Crippen LogP contribution is -2.22. The predicted molar refractivity (Wildman–Crippen MR) is 136 cm³/mol. The summed E-state index contributed by atoms with van der Waals surface area (Å²) in [5, 5.41) is -0.225. The van der Waals surface area contributed by atoms with E-state index < -0.39 is 19.7 Å². The second kappa shape index (κ2) is 9.02. The zero-order valence-corrected chi connectivity index (χ0v) is 23.1. The van der Waals surface area contributed by atoms with Crippen LogP contribution in [0.4, 0.5) is 0 Å². The molecular weight excluding hydrogens is 538 g/mol. The summed E-state index contributed by atoms with van der Waals surface area (Å²) in [6.07, 6.45) is 8.34. The summed E-state index contributed by atoms with van der Waals surface area (Å²) in [6, 6.07) is 6.27. The van der Waals surface area contributed by atoms with Crippen LogP contribution in [0, 0.1) is 5.92 Å². The maximum Gasteiger partial charge on any atom is 0.225 e. The van der Waals surface area contributed by atoms with Gasteiger partial charge in [0.2, 0.25) is 9.84 Å². The highest BCUT2D eigenvalue weighted by molar-refractivity contribution is 9.10. The van der Waals surface area contributed by atoms with Gasteiger partial charge < -0.3 is 4.57 Å². The van der Waals surface area contributed by atoms with Gasteiger partial charge in [0.1, 0.15) is 5.82 Å². The molecule has 0 amide bonds. The van der Waals surface area contributed by atoms with E-state index in [4.69, 9.17) is 4.98 Å². The van der Waals surface area contributed by atoms with Crippen LogP contribution in [-0.4, -0.2) is 37.6 Å². The Hall–Kier alpha value is -1.78. The number of rotatable bonds is 5. The van der Waals surface area contributed by atoms with Gasteiger partial charge in [-0.2, -0.15) is 0 Å². The normalized spacial score (nSPS) is 16.3. The molecule has 0 aliphatic heterocycles. The zero-order chi connectivity index (χ0) is 24.9. The molecule has 1 fully saturated rings. The van der Waals surface area contributed by atoms with Gasteiger partial charge in [0, 0.05) is 24.4 Å². The minimum Gasteiger partial charge on any atom is -0.327 e. The molecule has 0 saturated heterocycles. The number of hydrogen-bond donors (Lipinski definition) is 0. The molecule has 1 aliphatic carbocycles. The first-order chi connectivity index (χ1) is 15.8. The minimum atomic E-state index is -3.99. The molecule has 0 bridgehead atoms. The van der Waals surface area contributed by atoms with Crippen molar-refractivity contribution < 1.29 is 16.8 Å². The van der Waals surface area contributed by atoms with Crippen LogP contribution in [-0.2, 0) is 31.6 Å². The summed E-state index contributed by atoms with van der Waals surface area (Å²) in [5.74, 6) is 1.55. The highest BCUT2D eigenvalue weighted by atomic mass is 79.9. The van der Waals surface area contributed by atoms with Crippen LogP contribution in [0.5, 0.6) is 0 Å². The van der Waals surface area contributed by atoms with E-state index >= 15 is 0 Å². The SMILES string of the molecule is CC(C)(C)c1nc2cc(S(=O)(=O)c3ncc(S(C)(=O)=O)cc3Br)ccc2n1CC1CCCCC1. The largest absolute Gasteiger partial charge is 0.327 e. The third-order valence-corrected chi connectivity index (χ3v) is 9.99. The molecule has 3 aromatic rings. The van der Waals surface area contributed by atoms with Gasteiger partial charge >= 0.3 is 0 Å².